The van der Waals surface area contributed by atoms with Crippen LogP contribution in [0.25, 0.3) is 0 Å². The Morgan fingerprint density at radius 3 is 2.38 bits per heavy atom. The molecule has 0 spiro atoms. The standard InChI is InChI=1S/C18H16BrN3O4/c1-10-3-11(2)5-13(4-10)21-17(23)18(24)22-20-8-12-6-15-16(7-14(12)19)26-9-25-15/h3-8H,9H2,1-2H3,(H,21,23)(H,22,24)/b20-8-. The minimum atomic E-state index is -0.864. The molecule has 2 aromatic carbocycles. The van der Waals surface area contributed by atoms with Crippen LogP contribution in [-0.4, -0.2) is 24.8 Å². The highest BCUT2D eigenvalue weighted by Crippen LogP contribution is 2.36. The quantitative estimate of drug-likeness (QED) is 0.456. The number of carbonyl (C=O) groups excluding carboxylic acids is 2. The fourth-order valence-electron chi connectivity index (χ4n) is 2.48. The van der Waals surface area contributed by atoms with Gasteiger partial charge in [-0.15, -0.1) is 0 Å². The monoisotopic (exact) mass is 417 g/mol. The number of amides is 2. The van der Waals surface area contributed by atoms with E-state index in [1.54, 1.807) is 24.3 Å². The lowest BCUT2D eigenvalue weighted by molar-refractivity contribution is -0.136. The number of halogens is 1. The Morgan fingerprint density at radius 2 is 1.69 bits per heavy atom. The number of hydrazone groups is 1. The molecule has 7 nitrogen and oxygen atoms in total. The van der Waals surface area contributed by atoms with Crippen molar-refractivity contribution in [1.82, 2.24) is 5.43 Å². The van der Waals surface area contributed by atoms with Crippen molar-refractivity contribution in [3.63, 3.8) is 0 Å². The van der Waals surface area contributed by atoms with Gasteiger partial charge < -0.3 is 14.8 Å². The fraction of sp³-hybridized carbons (Fsp3) is 0.167. The van der Waals surface area contributed by atoms with Crippen molar-refractivity contribution in [1.29, 1.82) is 0 Å². The lowest BCUT2D eigenvalue weighted by atomic mass is 10.1. The van der Waals surface area contributed by atoms with Gasteiger partial charge in [0.2, 0.25) is 6.79 Å². The van der Waals surface area contributed by atoms with Crippen molar-refractivity contribution >= 4 is 39.6 Å². The number of carbonyl (C=O) groups is 2. The second-order valence-corrected chi connectivity index (χ2v) is 6.61. The van der Waals surface area contributed by atoms with Crippen LogP contribution in [0, 0.1) is 13.8 Å². The second-order valence-electron chi connectivity index (χ2n) is 5.76. The summed E-state index contributed by atoms with van der Waals surface area (Å²) in [7, 11) is 0. The molecule has 0 fully saturated rings. The van der Waals surface area contributed by atoms with Gasteiger partial charge in [0.15, 0.2) is 11.5 Å². The molecule has 2 amide bonds. The number of hydrogen-bond donors (Lipinski definition) is 2. The van der Waals surface area contributed by atoms with Crippen LogP contribution in [-0.2, 0) is 9.59 Å². The van der Waals surface area contributed by atoms with E-state index in [0.717, 1.165) is 15.6 Å². The Hall–Kier alpha value is -2.87. The first kappa shape index (κ1) is 17.9. The largest absolute Gasteiger partial charge is 0.454 e. The van der Waals surface area contributed by atoms with E-state index in [1.165, 1.54) is 6.21 Å². The molecular weight excluding hydrogens is 402 g/mol. The summed E-state index contributed by atoms with van der Waals surface area (Å²) >= 11 is 3.38. The van der Waals surface area contributed by atoms with Crippen molar-refractivity contribution in [3.05, 3.63) is 51.5 Å². The van der Waals surface area contributed by atoms with Gasteiger partial charge >= 0.3 is 11.8 Å². The first-order valence-electron chi connectivity index (χ1n) is 7.74. The molecule has 1 aliphatic heterocycles. The lowest BCUT2D eigenvalue weighted by Crippen LogP contribution is -2.32. The van der Waals surface area contributed by atoms with Crippen LogP contribution in [0.15, 0.2) is 39.9 Å². The third-order valence-corrected chi connectivity index (χ3v) is 4.23. The molecule has 0 saturated heterocycles. The van der Waals surface area contributed by atoms with E-state index in [4.69, 9.17) is 9.47 Å². The zero-order valence-corrected chi connectivity index (χ0v) is 15.7. The fourth-order valence-corrected chi connectivity index (χ4v) is 2.90. The van der Waals surface area contributed by atoms with E-state index >= 15 is 0 Å². The van der Waals surface area contributed by atoms with Crippen LogP contribution >= 0.6 is 15.9 Å². The summed E-state index contributed by atoms with van der Waals surface area (Å²) in [5.41, 5.74) is 5.42. The molecule has 26 heavy (non-hydrogen) atoms. The Balaban J connectivity index is 1.61. The number of fused-ring (bicyclic) bond motifs is 1. The lowest BCUT2D eigenvalue weighted by Gasteiger charge is -2.06. The average molecular weight is 418 g/mol. The highest BCUT2D eigenvalue weighted by molar-refractivity contribution is 9.10. The molecule has 8 heteroatoms. The van der Waals surface area contributed by atoms with Crippen molar-refractivity contribution in [2.24, 2.45) is 5.10 Å². The zero-order chi connectivity index (χ0) is 18.7. The Labute approximate surface area is 158 Å². The third-order valence-electron chi connectivity index (χ3n) is 3.55. The van der Waals surface area contributed by atoms with Crippen molar-refractivity contribution in [3.8, 4) is 11.5 Å². The van der Waals surface area contributed by atoms with Crippen molar-refractivity contribution in [2.45, 2.75) is 13.8 Å². The van der Waals surface area contributed by atoms with Crippen LogP contribution in [0.3, 0.4) is 0 Å². The summed E-state index contributed by atoms with van der Waals surface area (Å²) in [6.07, 6.45) is 1.41. The van der Waals surface area contributed by atoms with Gasteiger partial charge in [0.25, 0.3) is 0 Å². The van der Waals surface area contributed by atoms with Gasteiger partial charge in [-0.1, -0.05) is 6.07 Å². The van der Waals surface area contributed by atoms with E-state index in [1.807, 2.05) is 19.9 Å². The molecule has 3 rings (SSSR count). The number of anilines is 1. The van der Waals surface area contributed by atoms with Gasteiger partial charge in [0.1, 0.15) is 0 Å². The molecule has 134 valence electrons. The molecule has 0 aliphatic carbocycles. The number of benzene rings is 2. The number of hydrogen-bond acceptors (Lipinski definition) is 5. The summed E-state index contributed by atoms with van der Waals surface area (Å²) in [4.78, 5) is 23.8. The van der Waals surface area contributed by atoms with Gasteiger partial charge in [-0.05, 0) is 65.2 Å². The summed E-state index contributed by atoms with van der Waals surface area (Å²) in [5, 5.41) is 6.36. The maximum atomic E-state index is 12.0. The predicted molar refractivity (Wildman–Crippen MR) is 101 cm³/mol. The van der Waals surface area contributed by atoms with Crippen molar-refractivity contribution in [2.75, 3.05) is 12.1 Å². The van der Waals surface area contributed by atoms with Gasteiger partial charge in [0.05, 0.1) is 6.21 Å². The van der Waals surface area contributed by atoms with E-state index in [-0.39, 0.29) is 6.79 Å². The topological polar surface area (TPSA) is 89.0 Å². The minimum Gasteiger partial charge on any atom is -0.454 e. The molecule has 1 heterocycles. The van der Waals surface area contributed by atoms with E-state index < -0.39 is 11.8 Å². The molecule has 0 bridgehead atoms. The minimum absolute atomic E-state index is 0.164. The second kappa shape index (κ2) is 7.57. The molecule has 1 aliphatic rings. The summed E-state index contributed by atoms with van der Waals surface area (Å²) < 4.78 is 11.3. The summed E-state index contributed by atoms with van der Waals surface area (Å²) in [6, 6.07) is 9.01. The van der Waals surface area contributed by atoms with Crippen molar-refractivity contribution < 1.29 is 19.1 Å². The summed E-state index contributed by atoms with van der Waals surface area (Å²) in [5.74, 6) is -0.436. The molecule has 0 unspecified atom stereocenters. The molecule has 0 saturated carbocycles. The summed E-state index contributed by atoms with van der Waals surface area (Å²) in [6.45, 7) is 3.99. The Kier molecular flexibility index (Phi) is 5.22. The first-order valence-corrected chi connectivity index (χ1v) is 8.53. The van der Waals surface area contributed by atoms with Crippen LogP contribution in [0.4, 0.5) is 5.69 Å². The smallest absolute Gasteiger partial charge is 0.329 e. The first-order chi connectivity index (χ1) is 12.4. The predicted octanol–water partition coefficient (Wildman–Crippen LogP) is 2.88. The number of nitrogens with zero attached hydrogens (tertiary/aromatic N) is 1. The number of aryl methyl sites for hydroxylation is 2. The SMILES string of the molecule is Cc1cc(C)cc(NC(=O)C(=O)N/N=C\c2cc3c(cc2Br)OCO3)c1. The zero-order valence-electron chi connectivity index (χ0n) is 14.1. The van der Waals surface area contributed by atoms with Gasteiger partial charge in [-0.2, -0.15) is 5.10 Å². The third kappa shape index (κ3) is 4.20. The molecule has 0 atom stereocenters. The maximum Gasteiger partial charge on any atom is 0.329 e. The molecule has 0 aromatic heterocycles. The van der Waals surface area contributed by atoms with Crippen LogP contribution < -0.4 is 20.2 Å². The number of ether oxygens (including phenoxy) is 2. The highest BCUT2D eigenvalue weighted by Gasteiger charge is 2.16. The van der Waals surface area contributed by atoms with Gasteiger partial charge in [-0.3, -0.25) is 9.59 Å². The van der Waals surface area contributed by atoms with Gasteiger partial charge in [-0.25, -0.2) is 5.43 Å². The van der Waals surface area contributed by atoms with Crippen LogP contribution in [0.5, 0.6) is 11.5 Å². The molecule has 2 aromatic rings. The van der Waals surface area contributed by atoms with E-state index in [2.05, 4.69) is 31.8 Å². The molecule has 2 N–H and O–H groups in total. The Bertz CT molecular complexity index is 891. The van der Waals surface area contributed by atoms with Crippen LogP contribution in [0.2, 0.25) is 0 Å². The number of rotatable bonds is 3. The van der Waals surface area contributed by atoms with Gasteiger partial charge in [0, 0.05) is 15.7 Å². The maximum absolute atomic E-state index is 12.0. The van der Waals surface area contributed by atoms with Crippen LogP contribution in [0.1, 0.15) is 16.7 Å². The highest BCUT2D eigenvalue weighted by atomic mass is 79.9. The average Bonchev–Trinajstić information content (AvgIpc) is 3.00. The normalized spacial score (nSPS) is 12.3. The Morgan fingerprint density at radius 1 is 1.04 bits per heavy atom. The number of nitrogens with one attached hydrogen (secondary N) is 2. The molecular formula is C18H16BrN3O4. The molecule has 0 radical (unpaired) electrons. The van der Waals surface area contributed by atoms with E-state index in [0.29, 0.717) is 22.7 Å². The van der Waals surface area contributed by atoms with E-state index in [9.17, 15) is 9.59 Å².